The number of carbonyl (C=O) groups is 2. The Labute approximate surface area is 273 Å². The second-order valence-corrected chi connectivity index (χ2v) is 12.7. The van der Waals surface area contributed by atoms with Gasteiger partial charge >= 0.3 is 12.2 Å². The summed E-state index contributed by atoms with van der Waals surface area (Å²) in [4.78, 5) is 49.7. The summed E-state index contributed by atoms with van der Waals surface area (Å²) in [5, 5.41) is 9.36. The quantitative estimate of drug-likeness (QED) is 0.218. The molecular formula is C32H36F3N7O4S. The van der Waals surface area contributed by atoms with Crippen molar-refractivity contribution in [2.45, 2.75) is 44.9 Å². The summed E-state index contributed by atoms with van der Waals surface area (Å²) >= 11 is 0.799. The summed E-state index contributed by atoms with van der Waals surface area (Å²) < 4.78 is 48.1. The number of thiazole rings is 1. The first-order valence-electron chi connectivity index (χ1n) is 15.1. The summed E-state index contributed by atoms with van der Waals surface area (Å²) in [6.07, 6.45) is -0.234. The van der Waals surface area contributed by atoms with E-state index >= 15 is 0 Å². The second-order valence-electron chi connectivity index (χ2n) is 11.8. The maximum Gasteiger partial charge on any atom is 0.434 e. The van der Waals surface area contributed by atoms with Crippen molar-refractivity contribution in [1.82, 2.24) is 30.1 Å². The molecule has 0 unspecified atom stereocenters. The van der Waals surface area contributed by atoms with Gasteiger partial charge in [-0.05, 0) is 64.5 Å². The number of benzene rings is 1. The normalized spacial score (nSPS) is 14.1. The zero-order valence-electron chi connectivity index (χ0n) is 26.4. The molecule has 47 heavy (non-hydrogen) atoms. The van der Waals surface area contributed by atoms with E-state index in [1.54, 1.807) is 38.2 Å². The van der Waals surface area contributed by atoms with E-state index in [1.165, 1.54) is 12.3 Å². The smallest absolute Gasteiger partial charge is 0.381 e. The van der Waals surface area contributed by atoms with Crippen molar-refractivity contribution in [3.8, 4) is 21.7 Å². The molecule has 250 valence electrons. The highest BCUT2D eigenvalue weighted by molar-refractivity contribution is 7.13. The highest BCUT2D eigenvalue weighted by Gasteiger charge is 2.34. The number of amides is 3. The minimum Gasteiger partial charge on any atom is -0.381 e. The number of pyridine rings is 2. The van der Waals surface area contributed by atoms with E-state index in [0.29, 0.717) is 55.8 Å². The number of carbonyl (C=O) groups excluding carboxylic acids is 2. The van der Waals surface area contributed by atoms with Gasteiger partial charge in [-0.25, -0.2) is 14.8 Å². The monoisotopic (exact) mass is 671 g/mol. The van der Waals surface area contributed by atoms with Crippen LogP contribution in [0.5, 0.6) is 0 Å². The minimum atomic E-state index is -4.65. The maximum atomic E-state index is 13.9. The van der Waals surface area contributed by atoms with Gasteiger partial charge in [-0.2, -0.15) is 13.2 Å². The zero-order chi connectivity index (χ0) is 33.9. The number of likely N-dealkylation sites (N-methyl/N-ethyl adjacent to an activating group) is 1. The number of hydrogen-bond donors (Lipinski definition) is 3. The molecule has 1 aliphatic heterocycles. The highest BCUT2D eigenvalue weighted by atomic mass is 32.1. The first kappa shape index (κ1) is 34.0. The number of aromatic nitrogens is 3. The van der Waals surface area contributed by atoms with Gasteiger partial charge in [0.05, 0.1) is 5.52 Å². The van der Waals surface area contributed by atoms with Crippen molar-refractivity contribution < 1.29 is 27.5 Å². The lowest BCUT2D eigenvalue weighted by molar-refractivity contribution is -0.140. The molecule has 0 bridgehead atoms. The summed E-state index contributed by atoms with van der Waals surface area (Å²) in [7, 11) is 3.76. The van der Waals surface area contributed by atoms with Crippen LogP contribution in [0.3, 0.4) is 0 Å². The standard InChI is InChI=1S/C32H36F3N7O4S/c1-18(2)38-31(45)40-27-14-21(30-39-26(17-47-30)32(33,34)35)23(15-37-27)19-5-6-25-22(13-19)28(43)24(29(44)36-9-10-41(3)4)16-42(25)20-7-11-46-12-8-20/h5-6,13-18,20H,7-12H2,1-4H3,(H,36,44)(H2,37,38,40,45). The molecule has 1 aliphatic rings. The third-order valence-electron chi connectivity index (χ3n) is 7.61. The molecule has 0 radical (unpaired) electrons. The number of rotatable bonds is 9. The number of alkyl halides is 3. The van der Waals surface area contributed by atoms with E-state index < -0.39 is 29.2 Å². The van der Waals surface area contributed by atoms with Crippen LogP contribution in [0, 0.1) is 0 Å². The predicted octanol–water partition coefficient (Wildman–Crippen LogP) is 5.38. The molecule has 4 aromatic rings. The lowest BCUT2D eigenvalue weighted by atomic mass is 9.98. The number of anilines is 1. The number of halogens is 3. The van der Waals surface area contributed by atoms with Crippen molar-refractivity contribution in [1.29, 1.82) is 0 Å². The van der Waals surface area contributed by atoms with Gasteiger partial charge in [-0.3, -0.25) is 14.9 Å². The van der Waals surface area contributed by atoms with E-state index in [0.717, 1.165) is 16.7 Å². The summed E-state index contributed by atoms with van der Waals surface area (Å²) in [5.74, 6) is -0.394. The highest BCUT2D eigenvalue weighted by Crippen LogP contribution is 2.39. The fraction of sp³-hybridized carbons (Fsp3) is 0.406. The van der Waals surface area contributed by atoms with Gasteiger partial charge in [0.25, 0.3) is 5.91 Å². The first-order chi connectivity index (χ1) is 22.3. The van der Waals surface area contributed by atoms with Crippen molar-refractivity contribution in [2.75, 3.05) is 45.7 Å². The van der Waals surface area contributed by atoms with Gasteiger partial charge in [0.15, 0.2) is 5.69 Å². The van der Waals surface area contributed by atoms with Crippen LogP contribution in [0.25, 0.3) is 32.6 Å². The van der Waals surface area contributed by atoms with Gasteiger partial charge < -0.3 is 24.8 Å². The third-order valence-corrected chi connectivity index (χ3v) is 8.48. The molecule has 0 spiro atoms. The molecule has 3 N–H and O–H groups in total. The van der Waals surface area contributed by atoms with E-state index in [9.17, 15) is 27.6 Å². The van der Waals surface area contributed by atoms with Gasteiger partial charge in [0, 0.05) is 72.7 Å². The Morgan fingerprint density at radius 1 is 1.15 bits per heavy atom. The average Bonchev–Trinajstić information content (AvgIpc) is 3.52. The lowest BCUT2D eigenvalue weighted by Crippen LogP contribution is -2.35. The van der Waals surface area contributed by atoms with Crippen LogP contribution in [-0.2, 0) is 10.9 Å². The van der Waals surface area contributed by atoms with Crippen LogP contribution in [0.2, 0.25) is 0 Å². The molecular weight excluding hydrogens is 635 g/mol. The van der Waals surface area contributed by atoms with Crippen molar-refractivity contribution >= 4 is 40.0 Å². The fourth-order valence-electron chi connectivity index (χ4n) is 5.31. The molecule has 4 heterocycles. The van der Waals surface area contributed by atoms with Gasteiger partial charge in [0.1, 0.15) is 16.4 Å². The van der Waals surface area contributed by atoms with Crippen LogP contribution in [-0.4, -0.2) is 77.8 Å². The predicted molar refractivity (Wildman–Crippen MR) is 175 cm³/mol. The minimum absolute atomic E-state index is 0.0105. The van der Waals surface area contributed by atoms with Crippen LogP contribution in [0.4, 0.5) is 23.8 Å². The van der Waals surface area contributed by atoms with Crippen molar-refractivity contribution in [2.24, 2.45) is 0 Å². The lowest BCUT2D eigenvalue weighted by Gasteiger charge is -2.27. The summed E-state index contributed by atoms with van der Waals surface area (Å²) in [5.41, 5.74) is 0.229. The Balaban J connectivity index is 1.65. The van der Waals surface area contributed by atoms with E-state index in [4.69, 9.17) is 4.74 Å². The Kier molecular flexibility index (Phi) is 10.3. The number of urea groups is 1. The maximum absolute atomic E-state index is 13.9. The van der Waals surface area contributed by atoms with Crippen LogP contribution in [0.15, 0.2) is 46.8 Å². The molecule has 1 saturated heterocycles. The van der Waals surface area contributed by atoms with Crippen molar-refractivity contribution in [3.05, 3.63) is 63.5 Å². The topological polar surface area (TPSA) is 130 Å². The van der Waals surface area contributed by atoms with Crippen LogP contribution in [0.1, 0.15) is 48.8 Å². The van der Waals surface area contributed by atoms with E-state index in [1.807, 2.05) is 23.6 Å². The molecule has 0 atom stereocenters. The van der Waals surface area contributed by atoms with Gasteiger partial charge in [-0.1, -0.05) is 6.07 Å². The Hall–Kier alpha value is -4.34. The third kappa shape index (κ3) is 7.97. The number of fused-ring (bicyclic) bond motifs is 1. The van der Waals surface area contributed by atoms with Gasteiger partial charge in [-0.15, -0.1) is 11.3 Å². The average molecular weight is 672 g/mol. The largest absolute Gasteiger partial charge is 0.434 e. The molecule has 0 aliphatic carbocycles. The molecule has 1 fully saturated rings. The number of hydrogen-bond acceptors (Lipinski definition) is 8. The molecule has 5 rings (SSSR count). The molecule has 1 aromatic carbocycles. The Morgan fingerprint density at radius 2 is 1.89 bits per heavy atom. The first-order valence-corrected chi connectivity index (χ1v) is 16.0. The summed E-state index contributed by atoms with van der Waals surface area (Å²) in [6, 6.07) is 5.90. The number of ether oxygens (including phenoxy) is 1. The van der Waals surface area contributed by atoms with E-state index in [-0.39, 0.29) is 39.4 Å². The second kappa shape index (κ2) is 14.2. The zero-order valence-corrected chi connectivity index (χ0v) is 27.2. The SMILES string of the molecule is CC(C)NC(=O)Nc1cc(-c2nc(C(F)(F)F)cs2)c(-c2ccc3c(c2)c(=O)c(C(=O)NCCN(C)C)cn3C2CCOCC2)cn1. The fourth-order valence-corrected chi connectivity index (χ4v) is 6.17. The molecule has 3 aromatic heterocycles. The molecule has 11 nitrogen and oxygen atoms in total. The van der Waals surface area contributed by atoms with Gasteiger partial charge in [0.2, 0.25) is 5.43 Å². The van der Waals surface area contributed by atoms with Crippen LogP contribution >= 0.6 is 11.3 Å². The number of nitrogens with one attached hydrogen (secondary N) is 3. The Bertz CT molecular complexity index is 1830. The van der Waals surface area contributed by atoms with Crippen molar-refractivity contribution in [3.63, 3.8) is 0 Å². The number of nitrogens with zero attached hydrogens (tertiary/aromatic N) is 4. The van der Waals surface area contributed by atoms with Crippen LogP contribution < -0.4 is 21.4 Å². The molecule has 15 heteroatoms. The Morgan fingerprint density at radius 3 is 2.55 bits per heavy atom. The summed E-state index contributed by atoms with van der Waals surface area (Å²) in [6.45, 7) is 5.58. The molecule has 0 saturated carbocycles. The molecule has 3 amide bonds. The van der Waals surface area contributed by atoms with E-state index in [2.05, 4.69) is 25.9 Å².